The average Bonchev–Trinajstić information content (AvgIpc) is 2.81. The van der Waals surface area contributed by atoms with Gasteiger partial charge in [-0.05, 0) is 87.7 Å². The van der Waals surface area contributed by atoms with Gasteiger partial charge in [0.05, 0.1) is 6.61 Å². The van der Waals surface area contributed by atoms with E-state index in [4.69, 9.17) is 4.74 Å². The fourth-order valence-corrected chi connectivity index (χ4v) is 4.58. The van der Waals surface area contributed by atoms with E-state index >= 15 is 0 Å². The van der Waals surface area contributed by atoms with Gasteiger partial charge in [0.2, 0.25) is 0 Å². The Balaban J connectivity index is 0.000000554. The number of nitrogens with zero attached hydrogens (tertiary/aromatic N) is 1. The monoisotopic (exact) mass is 456 g/mol. The van der Waals surface area contributed by atoms with Crippen molar-refractivity contribution in [3.05, 3.63) is 71.0 Å². The Labute approximate surface area is 199 Å². The van der Waals surface area contributed by atoms with Crippen LogP contribution in [0.3, 0.4) is 0 Å². The van der Waals surface area contributed by atoms with Crippen LogP contribution in [0, 0.1) is 31.5 Å². The quantitative estimate of drug-likeness (QED) is 0.529. The lowest BCUT2D eigenvalue weighted by atomic mass is 9.69. The number of aryl methyl sites for hydroxylation is 1. The van der Waals surface area contributed by atoms with Crippen LogP contribution in [0.25, 0.3) is 0 Å². The first-order valence-electron chi connectivity index (χ1n) is 12.1. The maximum Gasteiger partial charge on any atom is 0.407 e. The fourth-order valence-electron chi connectivity index (χ4n) is 4.58. The first-order valence-corrected chi connectivity index (χ1v) is 12.1. The highest BCUT2D eigenvalue weighted by Crippen LogP contribution is 2.43. The molecule has 1 aliphatic rings. The van der Waals surface area contributed by atoms with Crippen LogP contribution in [-0.2, 0) is 4.74 Å². The molecule has 3 atom stereocenters. The first-order chi connectivity index (χ1) is 15.8. The van der Waals surface area contributed by atoms with Gasteiger partial charge in [0.15, 0.2) is 0 Å². The number of benzene rings is 2. The Kier molecular flexibility index (Phi) is 11.4. The second kappa shape index (κ2) is 14.0. The van der Waals surface area contributed by atoms with E-state index in [1.807, 2.05) is 69.2 Å². The summed E-state index contributed by atoms with van der Waals surface area (Å²) in [5.74, 6) is 1.12. The summed E-state index contributed by atoms with van der Waals surface area (Å²) >= 11 is 0. The number of amides is 1. The van der Waals surface area contributed by atoms with E-state index in [1.165, 1.54) is 0 Å². The molecule has 0 aliphatic heterocycles. The second-order valence-electron chi connectivity index (χ2n) is 9.40. The van der Waals surface area contributed by atoms with Crippen molar-refractivity contribution in [3.8, 4) is 0 Å². The predicted molar refractivity (Wildman–Crippen MR) is 134 cm³/mol. The van der Waals surface area contributed by atoms with Gasteiger partial charge < -0.3 is 15.0 Å². The third kappa shape index (κ3) is 9.17. The molecular weight excluding hydrogens is 415 g/mol. The van der Waals surface area contributed by atoms with Crippen LogP contribution in [0.1, 0.15) is 55.2 Å². The number of ether oxygens (including phenoxy) is 1. The molecule has 0 heterocycles. The summed E-state index contributed by atoms with van der Waals surface area (Å²) in [7, 11) is 3.94. The van der Waals surface area contributed by atoms with Crippen molar-refractivity contribution >= 4 is 6.09 Å². The highest BCUT2D eigenvalue weighted by molar-refractivity contribution is 5.67. The van der Waals surface area contributed by atoms with Gasteiger partial charge in [0, 0.05) is 13.1 Å². The summed E-state index contributed by atoms with van der Waals surface area (Å²) in [5.41, 5.74) is 2.88. The molecule has 1 fully saturated rings. The molecule has 0 saturated heterocycles. The Bertz CT molecular complexity index is 815. The van der Waals surface area contributed by atoms with Crippen LogP contribution in [0.15, 0.2) is 48.5 Å². The lowest BCUT2D eigenvalue weighted by molar-refractivity contribution is 0.101. The lowest BCUT2D eigenvalue weighted by Gasteiger charge is -2.37. The van der Waals surface area contributed by atoms with Crippen molar-refractivity contribution in [1.82, 2.24) is 10.2 Å². The van der Waals surface area contributed by atoms with Gasteiger partial charge in [0.25, 0.3) is 0 Å². The average molecular weight is 457 g/mol. The van der Waals surface area contributed by atoms with Crippen LogP contribution in [0.2, 0.25) is 0 Å². The van der Waals surface area contributed by atoms with E-state index in [0.717, 1.165) is 48.9 Å². The number of nitrogens with one attached hydrogen (secondary N) is 1. The van der Waals surface area contributed by atoms with Crippen LogP contribution in [0.5, 0.6) is 0 Å². The number of rotatable bonds is 7. The zero-order chi connectivity index (χ0) is 24.2. The zero-order valence-corrected chi connectivity index (χ0v) is 20.9. The number of likely N-dealkylation sites (N-methyl/N-ethyl adjacent to an activating group) is 1. The molecule has 1 amide bonds. The van der Waals surface area contributed by atoms with E-state index in [0.29, 0.717) is 30.9 Å². The number of alkyl carbamates (subject to hydrolysis) is 1. The molecule has 2 aromatic rings. The summed E-state index contributed by atoms with van der Waals surface area (Å²) < 4.78 is 19.7. The van der Waals surface area contributed by atoms with Gasteiger partial charge in [-0.25, -0.2) is 9.18 Å². The highest BCUT2D eigenvalue weighted by atomic mass is 19.1. The summed E-state index contributed by atoms with van der Waals surface area (Å²) in [4.78, 5) is 13.9. The Hall–Kier alpha value is -2.40. The number of hydrogen-bond acceptors (Lipinski definition) is 3. The van der Waals surface area contributed by atoms with Gasteiger partial charge >= 0.3 is 6.09 Å². The lowest BCUT2D eigenvalue weighted by Crippen LogP contribution is -2.33. The molecule has 1 saturated carbocycles. The largest absolute Gasteiger partial charge is 0.449 e. The van der Waals surface area contributed by atoms with Gasteiger partial charge in [-0.3, -0.25) is 0 Å². The third-order valence-corrected chi connectivity index (χ3v) is 6.50. The molecule has 3 rings (SSSR count). The fraction of sp³-hybridized carbons (Fsp3) is 0.536. The van der Waals surface area contributed by atoms with Crippen molar-refractivity contribution < 1.29 is 13.9 Å². The molecule has 0 radical (unpaired) electrons. The molecule has 0 aromatic heterocycles. The molecule has 0 bridgehead atoms. The first kappa shape index (κ1) is 26.8. The molecule has 2 aromatic carbocycles. The van der Waals surface area contributed by atoms with Crippen molar-refractivity contribution in [2.75, 3.05) is 33.8 Å². The molecule has 4 nitrogen and oxygen atoms in total. The standard InChI is InChI=1S/C22H35FN2O2.C6H6/c1-6-18-8-7-17(14-27-22(26)24-9-10-25(4)5)13-20(18)19-11-15(2)12-21(23)16(19)3;1-2-4-6-5-3-1/h11-12,17-18,20H,6-10,13-14H2,1-5H3,(H,24,26);1-6H. The maximum absolute atomic E-state index is 14.3. The number of carbonyl (C=O) groups is 1. The number of hydrogen-bond donors (Lipinski definition) is 1. The minimum absolute atomic E-state index is 0.113. The molecule has 3 unspecified atom stereocenters. The zero-order valence-electron chi connectivity index (χ0n) is 20.9. The normalized spacial score (nSPS) is 20.0. The van der Waals surface area contributed by atoms with Crippen LogP contribution < -0.4 is 5.32 Å². The van der Waals surface area contributed by atoms with Crippen LogP contribution in [0.4, 0.5) is 9.18 Å². The van der Waals surface area contributed by atoms with E-state index < -0.39 is 0 Å². The molecular formula is C28H41FN2O2. The van der Waals surface area contributed by atoms with Crippen molar-refractivity contribution in [2.24, 2.45) is 11.8 Å². The van der Waals surface area contributed by atoms with Crippen molar-refractivity contribution in [1.29, 1.82) is 0 Å². The van der Waals surface area contributed by atoms with Gasteiger partial charge in [-0.15, -0.1) is 0 Å². The number of carbonyl (C=O) groups excluding carboxylic acids is 1. The Morgan fingerprint density at radius 2 is 1.73 bits per heavy atom. The van der Waals surface area contributed by atoms with Gasteiger partial charge in [0.1, 0.15) is 5.82 Å². The summed E-state index contributed by atoms with van der Waals surface area (Å²) in [5, 5.41) is 2.79. The van der Waals surface area contributed by atoms with E-state index in [2.05, 4.69) is 18.3 Å². The minimum Gasteiger partial charge on any atom is -0.449 e. The van der Waals surface area contributed by atoms with Gasteiger partial charge in [-0.2, -0.15) is 0 Å². The molecule has 0 spiro atoms. The van der Waals surface area contributed by atoms with Crippen LogP contribution in [-0.4, -0.2) is 44.8 Å². The topological polar surface area (TPSA) is 41.6 Å². The van der Waals surface area contributed by atoms with Crippen molar-refractivity contribution in [3.63, 3.8) is 0 Å². The molecule has 5 heteroatoms. The Morgan fingerprint density at radius 1 is 1.09 bits per heavy atom. The summed E-state index contributed by atoms with van der Waals surface area (Å²) in [6, 6.07) is 15.8. The molecule has 182 valence electrons. The highest BCUT2D eigenvalue weighted by Gasteiger charge is 2.32. The predicted octanol–water partition coefficient (Wildman–Crippen LogP) is 6.33. The van der Waals surface area contributed by atoms with Crippen molar-refractivity contribution in [2.45, 2.75) is 52.4 Å². The third-order valence-electron chi connectivity index (χ3n) is 6.50. The van der Waals surface area contributed by atoms with Gasteiger partial charge in [-0.1, -0.05) is 55.8 Å². The second-order valence-corrected chi connectivity index (χ2v) is 9.40. The van der Waals surface area contributed by atoms with E-state index in [-0.39, 0.29) is 11.9 Å². The SMILES string of the molecule is CCC1CCC(COC(=O)NCCN(C)C)CC1c1cc(C)cc(F)c1C.c1ccccc1. The number of halogens is 1. The van der Waals surface area contributed by atoms with E-state index in [1.54, 1.807) is 6.07 Å². The maximum atomic E-state index is 14.3. The minimum atomic E-state index is -0.344. The van der Waals surface area contributed by atoms with E-state index in [9.17, 15) is 9.18 Å². The molecule has 1 N–H and O–H groups in total. The summed E-state index contributed by atoms with van der Waals surface area (Å²) in [6.07, 6.45) is 3.87. The van der Waals surface area contributed by atoms with Crippen LogP contribution >= 0.6 is 0 Å². The smallest absolute Gasteiger partial charge is 0.407 e. The Morgan fingerprint density at radius 3 is 2.30 bits per heavy atom. The molecule has 1 aliphatic carbocycles. The molecule has 33 heavy (non-hydrogen) atoms. The summed E-state index contributed by atoms with van der Waals surface area (Å²) in [6.45, 7) is 7.86.